The Morgan fingerprint density at radius 1 is 0.800 bits per heavy atom. The molecule has 1 nitrogen and oxygen atoms in total. The Hall–Kier alpha value is -1.60. The van der Waals surface area contributed by atoms with Crippen LogP contribution in [0.25, 0.3) is 11.1 Å². The van der Waals surface area contributed by atoms with Gasteiger partial charge in [-0.2, -0.15) is 0 Å². The lowest BCUT2D eigenvalue weighted by Crippen LogP contribution is -2.00. The van der Waals surface area contributed by atoms with Gasteiger partial charge in [-0.15, -0.1) is 0 Å². The van der Waals surface area contributed by atoms with Crippen LogP contribution >= 0.6 is 11.6 Å². The molecule has 0 atom stereocenters. The summed E-state index contributed by atoms with van der Waals surface area (Å²) in [6.45, 7) is 0. The largest absolute Gasteiger partial charge is 0.288 e. The van der Waals surface area contributed by atoms with E-state index in [2.05, 4.69) is 0 Å². The van der Waals surface area contributed by atoms with Crippen molar-refractivity contribution in [2.45, 2.75) is 0 Å². The summed E-state index contributed by atoms with van der Waals surface area (Å²) in [4.78, 5) is 11.8. The molecule has 0 aliphatic carbocycles. The molecule has 2 aromatic carbocycles. The van der Waals surface area contributed by atoms with Gasteiger partial charge in [0.15, 0.2) is 0 Å². The second kappa shape index (κ2) is 4.28. The first-order valence-electron chi connectivity index (χ1n) is 4.63. The van der Waals surface area contributed by atoms with E-state index in [0.29, 0.717) is 5.56 Å². The van der Waals surface area contributed by atoms with Crippen LogP contribution in [0, 0.1) is 0 Å². The molecule has 0 aliphatic rings. The second-order valence-electron chi connectivity index (χ2n) is 3.17. The molecule has 0 fully saturated rings. The third-order valence-corrected chi connectivity index (χ3v) is 2.46. The van der Waals surface area contributed by atoms with Crippen LogP contribution in [0.15, 0.2) is 59.4 Å². The van der Waals surface area contributed by atoms with Gasteiger partial charge in [0.1, 0.15) is 0 Å². The molecule has 0 amide bonds. The third kappa shape index (κ3) is 2.08. The highest BCUT2D eigenvalue weighted by atomic mass is 35.5. The molecule has 74 valence electrons. The lowest BCUT2D eigenvalue weighted by Gasteiger charge is -1.96. The second-order valence-corrected chi connectivity index (χ2v) is 3.58. The van der Waals surface area contributed by atoms with E-state index in [1.165, 1.54) is 0 Å². The molecule has 2 heteroatoms. The van der Waals surface area contributed by atoms with E-state index < -0.39 is 0 Å². The quantitative estimate of drug-likeness (QED) is 0.715. The summed E-state index contributed by atoms with van der Waals surface area (Å²) < 4.78 is 0. The van der Waals surface area contributed by atoms with Crippen molar-refractivity contribution in [1.29, 1.82) is 0 Å². The monoisotopic (exact) mass is 216 g/mol. The molecule has 0 spiro atoms. The highest BCUT2D eigenvalue weighted by Gasteiger charge is 2.02. The SMILES string of the molecule is O=c1c(Cl)ccccc1-c1ccccc1. The fourth-order valence-electron chi connectivity index (χ4n) is 1.42. The Morgan fingerprint density at radius 3 is 2.13 bits per heavy atom. The van der Waals surface area contributed by atoms with Gasteiger partial charge in [0, 0.05) is 5.56 Å². The molecule has 2 aromatic rings. The summed E-state index contributed by atoms with van der Waals surface area (Å²) in [5.74, 6) is 0. The zero-order valence-electron chi connectivity index (χ0n) is 7.98. The standard InChI is InChI=1S/C13H9ClO/c14-12-9-5-4-8-11(13(12)15)10-6-2-1-3-7-10/h1-9H. The number of hydrogen-bond acceptors (Lipinski definition) is 1. The number of hydrogen-bond donors (Lipinski definition) is 0. The number of rotatable bonds is 1. The van der Waals surface area contributed by atoms with Crippen molar-refractivity contribution in [3.8, 4) is 11.1 Å². The maximum absolute atomic E-state index is 11.8. The van der Waals surface area contributed by atoms with Gasteiger partial charge in [-0.25, -0.2) is 0 Å². The van der Waals surface area contributed by atoms with E-state index >= 15 is 0 Å². The minimum Gasteiger partial charge on any atom is -0.288 e. The van der Waals surface area contributed by atoms with E-state index in [1.54, 1.807) is 18.2 Å². The third-order valence-electron chi connectivity index (χ3n) is 2.16. The first-order valence-corrected chi connectivity index (χ1v) is 5.01. The van der Waals surface area contributed by atoms with Crippen molar-refractivity contribution in [2.24, 2.45) is 0 Å². The zero-order valence-corrected chi connectivity index (χ0v) is 8.74. The lowest BCUT2D eigenvalue weighted by atomic mass is 10.1. The Labute approximate surface area is 93.0 Å². The van der Waals surface area contributed by atoms with Crippen LogP contribution in [0.4, 0.5) is 0 Å². The molecule has 0 saturated carbocycles. The smallest absolute Gasteiger partial charge is 0.204 e. The minimum absolute atomic E-state index is 0.132. The molecule has 0 heterocycles. The molecular weight excluding hydrogens is 208 g/mol. The lowest BCUT2D eigenvalue weighted by molar-refractivity contribution is 1.59. The summed E-state index contributed by atoms with van der Waals surface area (Å²) in [5.41, 5.74) is 1.39. The van der Waals surface area contributed by atoms with Crippen molar-refractivity contribution in [3.05, 3.63) is 69.8 Å². The molecule has 0 bridgehead atoms. The van der Waals surface area contributed by atoms with Gasteiger partial charge in [0.05, 0.1) is 5.02 Å². The molecule has 15 heavy (non-hydrogen) atoms. The van der Waals surface area contributed by atoms with Gasteiger partial charge in [0.2, 0.25) is 5.43 Å². The van der Waals surface area contributed by atoms with E-state index in [-0.39, 0.29) is 10.5 Å². The normalized spacial score (nSPS) is 9.93. The van der Waals surface area contributed by atoms with Crippen molar-refractivity contribution >= 4 is 11.6 Å². The van der Waals surface area contributed by atoms with Gasteiger partial charge < -0.3 is 0 Å². The minimum atomic E-state index is -0.132. The van der Waals surface area contributed by atoms with Crippen LogP contribution < -0.4 is 5.43 Å². The van der Waals surface area contributed by atoms with E-state index in [9.17, 15) is 4.79 Å². The van der Waals surface area contributed by atoms with Crippen LogP contribution in [-0.4, -0.2) is 0 Å². The van der Waals surface area contributed by atoms with Crippen molar-refractivity contribution in [2.75, 3.05) is 0 Å². The van der Waals surface area contributed by atoms with Crippen LogP contribution in [0.5, 0.6) is 0 Å². The van der Waals surface area contributed by atoms with Crippen LogP contribution in [0.2, 0.25) is 5.02 Å². The predicted molar refractivity (Wildman–Crippen MR) is 63.2 cm³/mol. The van der Waals surface area contributed by atoms with Gasteiger partial charge in [-0.1, -0.05) is 60.1 Å². The maximum Gasteiger partial charge on any atom is 0.204 e. The van der Waals surface area contributed by atoms with E-state index in [1.807, 2.05) is 36.4 Å². The molecule has 0 saturated heterocycles. The van der Waals surface area contributed by atoms with Gasteiger partial charge in [-0.3, -0.25) is 4.79 Å². The highest BCUT2D eigenvalue weighted by Crippen LogP contribution is 2.15. The fourth-order valence-corrected chi connectivity index (χ4v) is 1.59. The molecule has 0 aliphatic heterocycles. The highest BCUT2D eigenvalue weighted by molar-refractivity contribution is 6.30. The average Bonchev–Trinajstić information content (AvgIpc) is 2.44. The van der Waals surface area contributed by atoms with Crippen LogP contribution in [0.1, 0.15) is 0 Å². The van der Waals surface area contributed by atoms with Gasteiger partial charge >= 0.3 is 0 Å². The zero-order chi connectivity index (χ0) is 10.7. The van der Waals surface area contributed by atoms with Crippen molar-refractivity contribution in [3.63, 3.8) is 0 Å². The predicted octanol–water partition coefficient (Wildman–Crippen LogP) is 3.37. The topological polar surface area (TPSA) is 17.1 Å². The molecule has 2 rings (SSSR count). The Kier molecular flexibility index (Phi) is 2.84. The van der Waals surface area contributed by atoms with E-state index in [4.69, 9.17) is 11.6 Å². The summed E-state index contributed by atoms with van der Waals surface area (Å²) >= 11 is 5.84. The fraction of sp³-hybridized carbons (Fsp3) is 0. The molecule has 0 radical (unpaired) electrons. The van der Waals surface area contributed by atoms with Crippen LogP contribution in [0.3, 0.4) is 0 Å². The number of benzene rings is 1. The van der Waals surface area contributed by atoms with Crippen molar-refractivity contribution in [1.82, 2.24) is 0 Å². The Balaban J connectivity index is 2.71. The molecule has 0 aromatic heterocycles. The maximum atomic E-state index is 11.8. The number of halogens is 1. The van der Waals surface area contributed by atoms with E-state index in [0.717, 1.165) is 5.56 Å². The first-order chi connectivity index (χ1) is 7.29. The van der Waals surface area contributed by atoms with Crippen molar-refractivity contribution < 1.29 is 0 Å². The summed E-state index contributed by atoms with van der Waals surface area (Å²) in [5, 5.41) is 0.249. The Morgan fingerprint density at radius 2 is 1.40 bits per heavy atom. The summed E-state index contributed by atoms with van der Waals surface area (Å²) in [7, 11) is 0. The first kappa shape index (κ1) is 9.94. The Bertz CT molecular complexity index is 520. The molecule has 0 N–H and O–H groups in total. The van der Waals surface area contributed by atoms with Gasteiger partial charge in [0.25, 0.3) is 0 Å². The molecule has 0 unspecified atom stereocenters. The van der Waals surface area contributed by atoms with Gasteiger partial charge in [-0.05, 0) is 11.6 Å². The summed E-state index contributed by atoms with van der Waals surface area (Å²) in [6.07, 6.45) is 0. The average molecular weight is 217 g/mol. The molecular formula is C13H9ClO. The summed E-state index contributed by atoms with van der Waals surface area (Å²) in [6, 6.07) is 16.5. The van der Waals surface area contributed by atoms with Crippen LogP contribution in [-0.2, 0) is 0 Å².